The Balaban J connectivity index is 2.57. The summed E-state index contributed by atoms with van der Waals surface area (Å²) in [6.45, 7) is 2.80. The Labute approximate surface area is 97.2 Å². The van der Waals surface area contributed by atoms with Crippen LogP contribution in [-0.2, 0) is 4.74 Å². The van der Waals surface area contributed by atoms with E-state index in [1.165, 1.54) is 6.07 Å². The molecular weight excluding hydrogens is 263 g/mol. The van der Waals surface area contributed by atoms with Crippen molar-refractivity contribution >= 4 is 15.9 Å². The Bertz CT molecular complexity index is 317. The van der Waals surface area contributed by atoms with Crippen LogP contribution >= 0.6 is 15.9 Å². The highest BCUT2D eigenvalue weighted by Crippen LogP contribution is 2.20. The third-order valence-corrected chi connectivity index (χ3v) is 2.60. The van der Waals surface area contributed by atoms with Crippen LogP contribution in [0.5, 0.6) is 0 Å². The average molecular weight is 277 g/mol. The van der Waals surface area contributed by atoms with E-state index in [0.717, 1.165) is 6.42 Å². The standard InChI is InChI=1S/C11H14BrFO2/c1-2-5-15-7-11(14)8-3-4-9(12)10(13)6-8/h3-4,6,11,14H,2,5,7H2,1H3. The number of rotatable bonds is 5. The fraction of sp³-hybridized carbons (Fsp3) is 0.455. The van der Waals surface area contributed by atoms with E-state index in [1.54, 1.807) is 12.1 Å². The van der Waals surface area contributed by atoms with Crippen molar-refractivity contribution in [3.63, 3.8) is 0 Å². The monoisotopic (exact) mass is 276 g/mol. The second-order valence-electron chi connectivity index (χ2n) is 3.26. The molecule has 0 spiro atoms. The molecule has 1 unspecified atom stereocenters. The summed E-state index contributed by atoms with van der Waals surface area (Å²) in [7, 11) is 0. The molecule has 1 N–H and O–H groups in total. The zero-order valence-electron chi connectivity index (χ0n) is 8.54. The molecule has 0 bridgehead atoms. The maximum Gasteiger partial charge on any atom is 0.137 e. The molecule has 0 aliphatic rings. The van der Waals surface area contributed by atoms with Gasteiger partial charge >= 0.3 is 0 Å². The number of aliphatic hydroxyl groups excluding tert-OH is 1. The summed E-state index contributed by atoms with van der Waals surface area (Å²) in [5, 5.41) is 9.66. The van der Waals surface area contributed by atoms with Crippen LogP contribution in [0.25, 0.3) is 0 Å². The van der Waals surface area contributed by atoms with Crippen molar-refractivity contribution < 1.29 is 14.2 Å². The SMILES string of the molecule is CCCOCC(O)c1ccc(Br)c(F)c1. The minimum Gasteiger partial charge on any atom is -0.386 e. The molecule has 0 saturated carbocycles. The molecule has 0 aliphatic heterocycles. The van der Waals surface area contributed by atoms with Gasteiger partial charge in [0, 0.05) is 6.61 Å². The Morgan fingerprint density at radius 2 is 2.27 bits per heavy atom. The topological polar surface area (TPSA) is 29.5 Å². The highest BCUT2D eigenvalue weighted by molar-refractivity contribution is 9.10. The summed E-state index contributed by atoms with van der Waals surface area (Å²) in [5.74, 6) is -0.373. The Kier molecular flexibility index (Phi) is 5.22. The van der Waals surface area contributed by atoms with Crippen molar-refractivity contribution in [2.45, 2.75) is 19.4 Å². The third-order valence-electron chi connectivity index (χ3n) is 1.95. The van der Waals surface area contributed by atoms with Gasteiger partial charge in [0.05, 0.1) is 11.1 Å². The van der Waals surface area contributed by atoms with Gasteiger partial charge < -0.3 is 9.84 Å². The van der Waals surface area contributed by atoms with Crippen LogP contribution in [0, 0.1) is 5.82 Å². The maximum absolute atomic E-state index is 13.1. The summed E-state index contributed by atoms with van der Waals surface area (Å²) < 4.78 is 18.7. The van der Waals surface area contributed by atoms with Gasteiger partial charge in [-0.1, -0.05) is 13.0 Å². The number of hydrogen-bond acceptors (Lipinski definition) is 2. The van der Waals surface area contributed by atoms with Crippen LogP contribution in [0.4, 0.5) is 4.39 Å². The van der Waals surface area contributed by atoms with Crippen molar-refractivity contribution in [3.05, 3.63) is 34.1 Å². The Hall–Kier alpha value is -0.450. The van der Waals surface area contributed by atoms with Crippen LogP contribution in [0.1, 0.15) is 25.0 Å². The molecule has 0 heterocycles. The third kappa shape index (κ3) is 3.89. The number of hydrogen-bond donors (Lipinski definition) is 1. The zero-order chi connectivity index (χ0) is 11.3. The van der Waals surface area contributed by atoms with Gasteiger partial charge in [0.15, 0.2) is 0 Å². The molecule has 1 aromatic carbocycles. The summed E-state index contributed by atoms with van der Waals surface area (Å²) in [6, 6.07) is 4.56. The predicted octanol–water partition coefficient (Wildman–Crippen LogP) is 3.05. The fourth-order valence-electron chi connectivity index (χ4n) is 1.16. The summed E-state index contributed by atoms with van der Waals surface area (Å²) in [6.07, 6.45) is 0.140. The molecule has 0 radical (unpaired) electrons. The first-order chi connectivity index (χ1) is 7.15. The normalized spacial score (nSPS) is 12.8. The van der Waals surface area contributed by atoms with E-state index >= 15 is 0 Å². The Morgan fingerprint density at radius 3 is 2.87 bits per heavy atom. The van der Waals surface area contributed by atoms with Crippen LogP contribution in [0.2, 0.25) is 0 Å². The molecule has 0 saturated heterocycles. The summed E-state index contributed by atoms with van der Waals surface area (Å²) in [4.78, 5) is 0. The van der Waals surface area contributed by atoms with E-state index in [2.05, 4.69) is 15.9 Å². The molecule has 0 aliphatic carbocycles. The lowest BCUT2D eigenvalue weighted by Gasteiger charge is -2.11. The molecule has 0 amide bonds. The fourth-order valence-corrected chi connectivity index (χ4v) is 1.40. The smallest absolute Gasteiger partial charge is 0.137 e. The molecule has 4 heteroatoms. The maximum atomic E-state index is 13.1. The highest BCUT2D eigenvalue weighted by atomic mass is 79.9. The molecule has 1 atom stereocenters. The van der Waals surface area contributed by atoms with E-state index in [1.807, 2.05) is 6.92 Å². The Morgan fingerprint density at radius 1 is 1.53 bits per heavy atom. The van der Waals surface area contributed by atoms with Crippen LogP contribution in [-0.4, -0.2) is 18.3 Å². The average Bonchev–Trinajstić information content (AvgIpc) is 2.22. The molecule has 1 aromatic rings. The number of benzene rings is 1. The van der Waals surface area contributed by atoms with Gasteiger partial charge in [0.2, 0.25) is 0 Å². The lowest BCUT2D eigenvalue weighted by molar-refractivity contribution is 0.0362. The van der Waals surface area contributed by atoms with Gasteiger partial charge in [-0.15, -0.1) is 0 Å². The van der Waals surface area contributed by atoms with Crippen LogP contribution in [0.3, 0.4) is 0 Å². The van der Waals surface area contributed by atoms with Crippen molar-refractivity contribution in [2.75, 3.05) is 13.2 Å². The molecule has 0 aromatic heterocycles. The predicted molar refractivity (Wildman–Crippen MR) is 60.2 cm³/mol. The van der Waals surface area contributed by atoms with Gasteiger partial charge in [0.25, 0.3) is 0 Å². The minimum absolute atomic E-state index is 0.203. The van der Waals surface area contributed by atoms with Crippen molar-refractivity contribution in [1.82, 2.24) is 0 Å². The molecule has 1 rings (SSSR count). The van der Waals surface area contributed by atoms with E-state index in [4.69, 9.17) is 4.74 Å². The summed E-state index contributed by atoms with van der Waals surface area (Å²) in [5.41, 5.74) is 0.534. The van der Waals surface area contributed by atoms with Gasteiger partial charge in [-0.2, -0.15) is 0 Å². The lowest BCUT2D eigenvalue weighted by Crippen LogP contribution is -2.08. The van der Waals surface area contributed by atoms with Gasteiger partial charge in [-0.05, 0) is 40.0 Å². The summed E-state index contributed by atoms with van der Waals surface area (Å²) >= 11 is 3.05. The first-order valence-corrected chi connectivity index (χ1v) is 5.65. The van der Waals surface area contributed by atoms with Gasteiger partial charge in [0.1, 0.15) is 11.9 Å². The van der Waals surface area contributed by atoms with Crippen LogP contribution < -0.4 is 0 Å². The van der Waals surface area contributed by atoms with Crippen LogP contribution in [0.15, 0.2) is 22.7 Å². The van der Waals surface area contributed by atoms with Crippen molar-refractivity contribution in [2.24, 2.45) is 0 Å². The molecule has 2 nitrogen and oxygen atoms in total. The van der Waals surface area contributed by atoms with Gasteiger partial charge in [-0.25, -0.2) is 4.39 Å². The van der Waals surface area contributed by atoms with Gasteiger partial charge in [-0.3, -0.25) is 0 Å². The molecule has 15 heavy (non-hydrogen) atoms. The first-order valence-electron chi connectivity index (χ1n) is 4.86. The van der Waals surface area contributed by atoms with Crippen molar-refractivity contribution in [1.29, 1.82) is 0 Å². The zero-order valence-corrected chi connectivity index (χ0v) is 10.1. The second kappa shape index (κ2) is 6.20. The van der Waals surface area contributed by atoms with E-state index in [9.17, 15) is 9.50 Å². The van der Waals surface area contributed by atoms with E-state index in [0.29, 0.717) is 16.6 Å². The molecule has 0 fully saturated rings. The second-order valence-corrected chi connectivity index (χ2v) is 4.12. The number of halogens is 2. The largest absolute Gasteiger partial charge is 0.386 e. The van der Waals surface area contributed by atoms with E-state index < -0.39 is 6.10 Å². The lowest BCUT2D eigenvalue weighted by atomic mass is 10.1. The number of aliphatic hydroxyl groups is 1. The quantitative estimate of drug-likeness (QED) is 0.838. The highest BCUT2D eigenvalue weighted by Gasteiger charge is 2.09. The molecular formula is C11H14BrFO2. The minimum atomic E-state index is -0.765. The van der Waals surface area contributed by atoms with Crippen molar-refractivity contribution in [3.8, 4) is 0 Å². The molecule has 84 valence electrons. The first kappa shape index (κ1) is 12.6. The van der Waals surface area contributed by atoms with E-state index in [-0.39, 0.29) is 12.4 Å². The number of ether oxygens (including phenoxy) is 1.